The number of pyridine rings is 1. The second-order valence-corrected chi connectivity index (χ2v) is 8.64. The number of halogens is 3. The third kappa shape index (κ3) is 6.25. The standard InChI is InChI=1S/C23H26F3N3O2S/c1-2-12-29(21(30)16-32-20-9-8-18(15-27-20)23(24,25)26)19-10-13-28(14-11-19)22(31)17-6-4-3-5-7-17/h3-9,15,19H,2,10-14,16H2,1H3. The molecule has 0 atom stereocenters. The smallest absolute Gasteiger partial charge is 0.339 e. The Kier molecular flexibility index (Phi) is 8.17. The molecule has 0 saturated carbocycles. The van der Waals surface area contributed by atoms with Crippen molar-refractivity contribution < 1.29 is 22.8 Å². The first-order chi connectivity index (χ1) is 15.3. The van der Waals surface area contributed by atoms with Crippen LogP contribution in [0.5, 0.6) is 0 Å². The van der Waals surface area contributed by atoms with Gasteiger partial charge in [-0.1, -0.05) is 36.9 Å². The average molecular weight is 466 g/mol. The number of alkyl halides is 3. The van der Waals surface area contributed by atoms with Gasteiger partial charge in [-0.05, 0) is 43.5 Å². The second kappa shape index (κ2) is 10.8. The molecule has 0 bridgehead atoms. The second-order valence-electron chi connectivity index (χ2n) is 7.65. The van der Waals surface area contributed by atoms with Crippen LogP contribution in [0.1, 0.15) is 42.1 Å². The summed E-state index contributed by atoms with van der Waals surface area (Å²) >= 11 is 1.13. The number of aromatic nitrogens is 1. The van der Waals surface area contributed by atoms with Crippen LogP contribution >= 0.6 is 11.8 Å². The van der Waals surface area contributed by atoms with Gasteiger partial charge in [-0.2, -0.15) is 13.2 Å². The number of carbonyl (C=O) groups excluding carboxylic acids is 2. The lowest BCUT2D eigenvalue weighted by Crippen LogP contribution is -2.49. The molecule has 0 radical (unpaired) electrons. The number of piperidine rings is 1. The third-order valence-corrected chi connectivity index (χ3v) is 6.33. The van der Waals surface area contributed by atoms with Gasteiger partial charge >= 0.3 is 6.18 Å². The largest absolute Gasteiger partial charge is 0.417 e. The fourth-order valence-electron chi connectivity index (χ4n) is 3.75. The molecule has 0 unspecified atom stereocenters. The molecule has 32 heavy (non-hydrogen) atoms. The molecule has 2 amide bonds. The Morgan fingerprint density at radius 1 is 1.12 bits per heavy atom. The molecule has 1 aromatic heterocycles. The molecule has 172 valence electrons. The Bertz CT molecular complexity index is 899. The molecule has 1 aliphatic rings. The first-order valence-corrected chi connectivity index (χ1v) is 11.6. The minimum absolute atomic E-state index is 0.00125. The van der Waals surface area contributed by atoms with E-state index in [-0.39, 0.29) is 23.6 Å². The van der Waals surface area contributed by atoms with Crippen molar-refractivity contribution in [1.82, 2.24) is 14.8 Å². The van der Waals surface area contributed by atoms with E-state index in [2.05, 4.69) is 4.98 Å². The summed E-state index contributed by atoms with van der Waals surface area (Å²) in [5.41, 5.74) is -0.148. The van der Waals surface area contributed by atoms with Gasteiger partial charge in [0, 0.05) is 37.4 Å². The van der Waals surface area contributed by atoms with Crippen LogP contribution in [0, 0.1) is 0 Å². The quantitative estimate of drug-likeness (QED) is 0.555. The molecule has 0 spiro atoms. The van der Waals surface area contributed by atoms with Gasteiger partial charge in [0.25, 0.3) is 5.91 Å². The van der Waals surface area contributed by atoms with E-state index in [9.17, 15) is 22.8 Å². The summed E-state index contributed by atoms with van der Waals surface area (Å²) < 4.78 is 38.0. The van der Waals surface area contributed by atoms with E-state index in [4.69, 9.17) is 0 Å². The van der Waals surface area contributed by atoms with E-state index in [1.807, 2.05) is 34.9 Å². The van der Waals surface area contributed by atoms with E-state index in [0.717, 1.165) is 30.4 Å². The normalized spacial score (nSPS) is 14.9. The lowest BCUT2D eigenvalue weighted by molar-refractivity contribution is -0.138. The Morgan fingerprint density at radius 2 is 1.81 bits per heavy atom. The Hall–Kier alpha value is -2.55. The van der Waals surface area contributed by atoms with E-state index in [1.165, 1.54) is 6.07 Å². The third-order valence-electron chi connectivity index (χ3n) is 5.41. The van der Waals surface area contributed by atoms with Crippen LogP contribution in [-0.4, -0.2) is 58.0 Å². The zero-order valence-electron chi connectivity index (χ0n) is 17.8. The number of amides is 2. The number of hydrogen-bond donors (Lipinski definition) is 0. The Labute approximate surface area is 190 Å². The number of likely N-dealkylation sites (tertiary alicyclic amines) is 1. The van der Waals surface area contributed by atoms with Gasteiger partial charge < -0.3 is 9.80 Å². The van der Waals surface area contributed by atoms with Crippen molar-refractivity contribution >= 4 is 23.6 Å². The van der Waals surface area contributed by atoms with Gasteiger partial charge in [0.1, 0.15) is 0 Å². The molecule has 0 N–H and O–H groups in total. The number of carbonyl (C=O) groups is 2. The molecule has 9 heteroatoms. The Balaban J connectivity index is 1.54. The minimum Gasteiger partial charge on any atom is -0.339 e. The number of benzene rings is 1. The summed E-state index contributed by atoms with van der Waals surface area (Å²) in [4.78, 5) is 33.0. The lowest BCUT2D eigenvalue weighted by Gasteiger charge is -2.38. The molecule has 2 heterocycles. The van der Waals surface area contributed by atoms with Gasteiger partial charge in [0.2, 0.25) is 5.91 Å². The average Bonchev–Trinajstić information content (AvgIpc) is 2.81. The fraction of sp³-hybridized carbons (Fsp3) is 0.435. The summed E-state index contributed by atoms with van der Waals surface area (Å²) in [5, 5.41) is 0.381. The van der Waals surface area contributed by atoms with Crippen LogP contribution in [0.4, 0.5) is 13.2 Å². The van der Waals surface area contributed by atoms with Crippen LogP contribution < -0.4 is 0 Å². The van der Waals surface area contributed by atoms with E-state index < -0.39 is 11.7 Å². The number of thioether (sulfide) groups is 1. The SMILES string of the molecule is CCCN(C(=O)CSc1ccc(C(F)(F)F)cn1)C1CCN(C(=O)c2ccccc2)CC1. The van der Waals surface area contributed by atoms with Crippen LogP contribution in [-0.2, 0) is 11.0 Å². The Morgan fingerprint density at radius 3 is 2.38 bits per heavy atom. The number of nitrogens with zero attached hydrogens (tertiary/aromatic N) is 3. The van der Waals surface area contributed by atoms with E-state index in [1.54, 1.807) is 12.1 Å². The van der Waals surface area contributed by atoms with Gasteiger partial charge in [0.15, 0.2) is 0 Å². The van der Waals surface area contributed by atoms with E-state index in [0.29, 0.717) is 43.1 Å². The maximum absolute atomic E-state index is 12.9. The highest BCUT2D eigenvalue weighted by Gasteiger charge is 2.31. The van der Waals surface area contributed by atoms with Crippen LogP contribution in [0.25, 0.3) is 0 Å². The summed E-state index contributed by atoms with van der Waals surface area (Å²) in [6.45, 7) is 3.77. The monoisotopic (exact) mass is 465 g/mol. The first-order valence-electron chi connectivity index (χ1n) is 10.6. The van der Waals surface area contributed by atoms with Gasteiger partial charge in [-0.25, -0.2) is 4.98 Å². The van der Waals surface area contributed by atoms with Crippen LogP contribution in [0.2, 0.25) is 0 Å². The van der Waals surface area contributed by atoms with Crippen molar-refractivity contribution in [2.75, 3.05) is 25.4 Å². The van der Waals surface area contributed by atoms with E-state index >= 15 is 0 Å². The predicted molar refractivity (Wildman–Crippen MR) is 117 cm³/mol. The maximum Gasteiger partial charge on any atom is 0.417 e. The molecule has 1 fully saturated rings. The van der Waals surface area contributed by atoms with Crippen molar-refractivity contribution in [3.05, 3.63) is 59.8 Å². The van der Waals surface area contributed by atoms with Crippen molar-refractivity contribution in [2.24, 2.45) is 0 Å². The van der Waals surface area contributed by atoms with Crippen molar-refractivity contribution in [2.45, 2.75) is 43.4 Å². The molecule has 1 saturated heterocycles. The van der Waals surface area contributed by atoms with Crippen molar-refractivity contribution in [1.29, 1.82) is 0 Å². The molecular weight excluding hydrogens is 439 g/mol. The molecule has 5 nitrogen and oxygen atoms in total. The molecule has 1 aliphatic heterocycles. The van der Waals surface area contributed by atoms with Gasteiger partial charge in [0.05, 0.1) is 16.3 Å². The number of hydrogen-bond acceptors (Lipinski definition) is 4. The van der Waals surface area contributed by atoms with Gasteiger partial charge in [-0.15, -0.1) is 0 Å². The predicted octanol–water partition coefficient (Wildman–Crippen LogP) is 4.74. The molecule has 2 aromatic rings. The first kappa shape index (κ1) is 24.1. The number of rotatable bonds is 7. The molecule has 3 rings (SSSR count). The summed E-state index contributed by atoms with van der Waals surface area (Å²) in [7, 11) is 0. The maximum atomic E-state index is 12.9. The zero-order chi connectivity index (χ0) is 23.1. The minimum atomic E-state index is -4.43. The highest BCUT2D eigenvalue weighted by atomic mass is 32.2. The van der Waals surface area contributed by atoms with Crippen LogP contribution in [0.15, 0.2) is 53.7 Å². The molecule has 1 aromatic carbocycles. The topological polar surface area (TPSA) is 53.5 Å². The highest BCUT2D eigenvalue weighted by Crippen LogP contribution is 2.29. The van der Waals surface area contributed by atoms with Crippen LogP contribution in [0.3, 0.4) is 0 Å². The molecular formula is C23H26F3N3O2S. The van der Waals surface area contributed by atoms with Crippen molar-refractivity contribution in [3.63, 3.8) is 0 Å². The highest BCUT2D eigenvalue weighted by molar-refractivity contribution is 7.99. The summed E-state index contributed by atoms with van der Waals surface area (Å²) in [5.74, 6) is 0.0503. The van der Waals surface area contributed by atoms with Crippen molar-refractivity contribution in [3.8, 4) is 0 Å². The van der Waals surface area contributed by atoms with Gasteiger partial charge in [-0.3, -0.25) is 9.59 Å². The lowest BCUT2D eigenvalue weighted by atomic mass is 10.0. The fourth-order valence-corrected chi connectivity index (χ4v) is 4.48. The zero-order valence-corrected chi connectivity index (χ0v) is 18.7. The molecule has 0 aliphatic carbocycles. The summed E-state index contributed by atoms with van der Waals surface area (Å²) in [6.07, 6.45) is -1.43. The summed E-state index contributed by atoms with van der Waals surface area (Å²) in [6, 6.07) is 11.5.